The van der Waals surface area contributed by atoms with E-state index in [0.717, 1.165) is 5.56 Å². The molecule has 0 aliphatic rings. The maximum atomic E-state index is 11.9. The van der Waals surface area contributed by atoms with Gasteiger partial charge in [-0.15, -0.1) is 0 Å². The predicted octanol–water partition coefficient (Wildman–Crippen LogP) is 2.13. The van der Waals surface area contributed by atoms with Gasteiger partial charge in [0.05, 0.1) is 5.56 Å². The number of hydrogen-bond donors (Lipinski definition) is 2. The minimum Gasteiger partial charge on any atom is -0.398 e. The Kier molecular flexibility index (Phi) is 2.82. The number of nitrogens with one attached hydrogen (secondary N) is 1. The molecule has 0 aliphatic carbocycles. The highest BCUT2D eigenvalue weighted by Crippen LogP contribution is 2.16. The minimum absolute atomic E-state index is 0.292. The predicted molar refractivity (Wildman–Crippen MR) is 64.8 cm³/mol. The van der Waals surface area contributed by atoms with Crippen molar-refractivity contribution in [1.29, 1.82) is 0 Å². The Labute approximate surface area is 98.6 Å². The number of nitrogens with zero attached hydrogens (tertiary/aromatic N) is 1. The highest BCUT2D eigenvalue weighted by atomic mass is 16.5. The number of benzene rings is 1. The Balaban J connectivity index is 2.22. The van der Waals surface area contributed by atoms with Gasteiger partial charge in [-0.25, -0.2) is 0 Å². The lowest BCUT2D eigenvalue weighted by Gasteiger charge is -2.05. The molecule has 2 rings (SSSR count). The van der Waals surface area contributed by atoms with Gasteiger partial charge >= 0.3 is 0 Å². The van der Waals surface area contributed by atoms with E-state index in [1.807, 2.05) is 13.0 Å². The summed E-state index contributed by atoms with van der Waals surface area (Å²) in [5.74, 6) is 0.727. The quantitative estimate of drug-likeness (QED) is 0.776. The molecule has 0 bridgehead atoms. The second kappa shape index (κ2) is 4.29. The molecule has 0 atom stereocenters. The number of nitrogen functional groups attached to an aromatic ring is 1. The van der Waals surface area contributed by atoms with Crippen LogP contribution in [0.5, 0.6) is 0 Å². The highest BCUT2D eigenvalue weighted by Gasteiger charge is 2.11. The number of aryl methyl sites for hydroxylation is 2. The first-order valence-electron chi connectivity index (χ1n) is 5.17. The van der Waals surface area contributed by atoms with E-state index in [0.29, 0.717) is 22.8 Å². The summed E-state index contributed by atoms with van der Waals surface area (Å²) in [5, 5.41) is 6.31. The summed E-state index contributed by atoms with van der Waals surface area (Å²) in [6.45, 7) is 3.65. The Bertz CT molecular complexity index is 561. The second-order valence-electron chi connectivity index (χ2n) is 3.87. The number of aromatic nitrogens is 1. The number of hydrogen-bond acceptors (Lipinski definition) is 4. The van der Waals surface area contributed by atoms with E-state index < -0.39 is 0 Å². The number of carbonyl (C=O) groups excluding carboxylic acids is 1. The van der Waals surface area contributed by atoms with Crippen LogP contribution in [0.3, 0.4) is 0 Å². The molecule has 0 unspecified atom stereocenters. The first kappa shape index (κ1) is 11.2. The van der Waals surface area contributed by atoms with Crippen LogP contribution in [0, 0.1) is 13.8 Å². The van der Waals surface area contributed by atoms with Crippen molar-refractivity contribution in [3.63, 3.8) is 0 Å². The fourth-order valence-corrected chi connectivity index (χ4v) is 1.48. The third-order valence-corrected chi connectivity index (χ3v) is 2.32. The van der Waals surface area contributed by atoms with Crippen LogP contribution in [0.15, 0.2) is 28.8 Å². The topological polar surface area (TPSA) is 81.2 Å². The van der Waals surface area contributed by atoms with Crippen LogP contribution in [0.4, 0.5) is 11.5 Å². The van der Waals surface area contributed by atoms with E-state index in [2.05, 4.69) is 10.5 Å². The highest BCUT2D eigenvalue weighted by molar-refractivity contribution is 6.07. The fraction of sp³-hybridized carbons (Fsp3) is 0.167. The van der Waals surface area contributed by atoms with Crippen LogP contribution in [0.25, 0.3) is 0 Å². The summed E-state index contributed by atoms with van der Waals surface area (Å²) in [7, 11) is 0. The Hall–Kier alpha value is -2.30. The molecule has 3 N–H and O–H groups in total. The monoisotopic (exact) mass is 231 g/mol. The van der Waals surface area contributed by atoms with E-state index >= 15 is 0 Å². The molecule has 0 aliphatic heterocycles. The molecule has 88 valence electrons. The van der Waals surface area contributed by atoms with Gasteiger partial charge in [-0.05, 0) is 26.0 Å². The van der Waals surface area contributed by atoms with Gasteiger partial charge in [0.2, 0.25) is 0 Å². The van der Waals surface area contributed by atoms with Crippen LogP contribution >= 0.6 is 0 Å². The standard InChI is InChI=1S/C12H13N3O2/c1-7-3-4-10(13)9(5-7)12(16)14-11-6-8(2)17-15-11/h3-6H,13H2,1-2H3,(H,14,15,16). The molecule has 1 aromatic heterocycles. The zero-order valence-corrected chi connectivity index (χ0v) is 9.65. The van der Waals surface area contributed by atoms with Gasteiger partial charge in [0.15, 0.2) is 5.82 Å². The molecule has 5 nitrogen and oxygen atoms in total. The number of amides is 1. The molecule has 5 heteroatoms. The molecular weight excluding hydrogens is 218 g/mol. The Morgan fingerprint density at radius 3 is 2.76 bits per heavy atom. The van der Waals surface area contributed by atoms with E-state index in [4.69, 9.17) is 10.3 Å². The smallest absolute Gasteiger partial charge is 0.259 e. The molecule has 0 saturated heterocycles. The summed E-state index contributed by atoms with van der Waals surface area (Å²) in [6.07, 6.45) is 0. The molecule has 0 fully saturated rings. The van der Waals surface area contributed by atoms with Gasteiger partial charge in [0.25, 0.3) is 5.91 Å². The van der Waals surface area contributed by atoms with Crippen LogP contribution < -0.4 is 11.1 Å². The number of anilines is 2. The first-order chi connectivity index (χ1) is 8.06. The molecule has 1 amide bonds. The lowest BCUT2D eigenvalue weighted by molar-refractivity contribution is 0.102. The van der Waals surface area contributed by atoms with E-state index in [1.165, 1.54) is 0 Å². The van der Waals surface area contributed by atoms with Gasteiger partial charge in [-0.2, -0.15) is 0 Å². The molecule has 0 radical (unpaired) electrons. The average Bonchev–Trinajstić information content (AvgIpc) is 2.67. The molecule has 17 heavy (non-hydrogen) atoms. The molecule has 2 aromatic rings. The largest absolute Gasteiger partial charge is 0.398 e. The van der Waals surface area contributed by atoms with Crippen LogP contribution in [-0.2, 0) is 0 Å². The van der Waals surface area contributed by atoms with E-state index in [-0.39, 0.29) is 5.91 Å². The normalized spacial score (nSPS) is 10.2. The van der Waals surface area contributed by atoms with Gasteiger partial charge in [-0.1, -0.05) is 16.8 Å². The van der Waals surface area contributed by atoms with Gasteiger partial charge in [0, 0.05) is 11.8 Å². The lowest BCUT2D eigenvalue weighted by atomic mass is 10.1. The lowest BCUT2D eigenvalue weighted by Crippen LogP contribution is -2.14. The van der Waals surface area contributed by atoms with Crippen LogP contribution in [0.2, 0.25) is 0 Å². The summed E-state index contributed by atoms with van der Waals surface area (Å²) in [5.41, 5.74) is 7.59. The first-order valence-corrected chi connectivity index (χ1v) is 5.17. The summed E-state index contributed by atoms with van der Waals surface area (Å²) >= 11 is 0. The van der Waals surface area contributed by atoms with Crippen molar-refractivity contribution in [3.8, 4) is 0 Å². The van der Waals surface area contributed by atoms with Crippen molar-refractivity contribution in [2.45, 2.75) is 13.8 Å². The molecule has 0 saturated carbocycles. The number of carbonyl (C=O) groups is 1. The van der Waals surface area contributed by atoms with E-state index in [9.17, 15) is 4.79 Å². The van der Waals surface area contributed by atoms with Crippen molar-refractivity contribution < 1.29 is 9.32 Å². The summed E-state index contributed by atoms with van der Waals surface area (Å²) in [4.78, 5) is 11.9. The Morgan fingerprint density at radius 2 is 2.12 bits per heavy atom. The van der Waals surface area contributed by atoms with Crippen molar-refractivity contribution in [3.05, 3.63) is 41.2 Å². The molecular formula is C12H13N3O2. The minimum atomic E-state index is -0.292. The summed E-state index contributed by atoms with van der Waals surface area (Å²) < 4.78 is 4.86. The zero-order valence-electron chi connectivity index (χ0n) is 9.65. The van der Waals surface area contributed by atoms with Crippen LogP contribution in [-0.4, -0.2) is 11.1 Å². The third kappa shape index (κ3) is 2.44. The van der Waals surface area contributed by atoms with E-state index in [1.54, 1.807) is 25.1 Å². The van der Waals surface area contributed by atoms with Crippen LogP contribution in [0.1, 0.15) is 21.7 Å². The molecule has 1 heterocycles. The average molecular weight is 231 g/mol. The van der Waals surface area contributed by atoms with Gasteiger partial charge in [-0.3, -0.25) is 4.79 Å². The van der Waals surface area contributed by atoms with Gasteiger partial charge < -0.3 is 15.6 Å². The van der Waals surface area contributed by atoms with Gasteiger partial charge in [0.1, 0.15) is 5.76 Å². The third-order valence-electron chi connectivity index (χ3n) is 2.32. The second-order valence-corrected chi connectivity index (χ2v) is 3.87. The molecule has 1 aromatic carbocycles. The maximum absolute atomic E-state index is 11.9. The number of nitrogens with two attached hydrogens (primary N) is 1. The van der Waals surface area contributed by atoms with Crippen molar-refractivity contribution in [1.82, 2.24) is 5.16 Å². The summed E-state index contributed by atoms with van der Waals surface area (Å²) in [6, 6.07) is 6.94. The fourth-order valence-electron chi connectivity index (χ4n) is 1.48. The van der Waals surface area contributed by atoms with Crippen molar-refractivity contribution >= 4 is 17.4 Å². The van der Waals surface area contributed by atoms with Crippen molar-refractivity contribution in [2.75, 3.05) is 11.1 Å². The Morgan fingerprint density at radius 1 is 1.35 bits per heavy atom. The molecule has 0 spiro atoms. The number of rotatable bonds is 2. The maximum Gasteiger partial charge on any atom is 0.259 e. The SMILES string of the molecule is Cc1ccc(N)c(C(=O)Nc2cc(C)on2)c1. The zero-order chi connectivity index (χ0) is 12.4. The van der Waals surface area contributed by atoms with Crippen molar-refractivity contribution in [2.24, 2.45) is 0 Å².